The number of likely N-dealkylation sites (tertiary alicyclic amines) is 1. The predicted molar refractivity (Wildman–Crippen MR) is 93.6 cm³/mol. The summed E-state index contributed by atoms with van der Waals surface area (Å²) >= 11 is 3.55. The summed E-state index contributed by atoms with van der Waals surface area (Å²) in [5.41, 5.74) is 2.07. The monoisotopic (exact) mass is 379 g/mol. The second-order valence-electron chi connectivity index (χ2n) is 7.52. The van der Waals surface area contributed by atoms with Crippen molar-refractivity contribution in [1.29, 1.82) is 0 Å². The van der Waals surface area contributed by atoms with E-state index in [-0.39, 0.29) is 11.5 Å². The van der Waals surface area contributed by atoms with E-state index in [1.807, 2.05) is 10.9 Å². The van der Waals surface area contributed by atoms with Crippen molar-refractivity contribution in [2.45, 2.75) is 40.3 Å². The Balaban J connectivity index is 1.83. The first kappa shape index (κ1) is 16.3. The molecule has 124 valence electrons. The molecule has 1 aliphatic rings. The highest BCUT2D eigenvalue weighted by Crippen LogP contribution is 2.39. The van der Waals surface area contributed by atoms with Crippen LogP contribution in [0.4, 0.5) is 4.79 Å². The van der Waals surface area contributed by atoms with Gasteiger partial charge in [-0.25, -0.2) is 4.79 Å². The molecule has 0 spiro atoms. The molecule has 6 heteroatoms. The van der Waals surface area contributed by atoms with Gasteiger partial charge in [-0.3, -0.25) is 4.68 Å². The van der Waals surface area contributed by atoms with Gasteiger partial charge in [0.1, 0.15) is 0 Å². The van der Waals surface area contributed by atoms with Crippen molar-refractivity contribution in [2.75, 3.05) is 6.54 Å². The number of nitrogens with zero attached hydrogens (tertiary/aromatic N) is 3. The Hall–Kier alpha value is -1.56. The van der Waals surface area contributed by atoms with Crippen LogP contribution in [-0.2, 0) is 6.54 Å². The molecule has 1 N–H and O–H groups in total. The fraction of sp³-hybridized carbons (Fsp3) is 0.529. The lowest BCUT2D eigenvalue weighted by molar-refractivity contribution is -0.0424. The van der Waals surface area contributed by atoms with Crippen LogP contribution in [0.25, 0.3) is 10.9 Å². The molecule has 3 rings (SSSR count). The number of aromatic nitrogens is 2. The van der Waals surface area contributed by atoms with Crippen molar-refractivity contribution >= 4 is 32.9 Å². The minimum Gasteiger partial charge on any atom is -0.465 e. The number of halogens is 1. The third kappa shape index (κ3) is 2.96. The second-order valence-corrected chi connectivity index (χ2v) is 8.37. The SMILES string of the molecule is Cc1cc2nn(CC3CN(C(=O)O)C3C(C)(C)C)cc2cc1Br. The molecule has 1 fully saturated rings. The van der Waals surface area contributed by atoms with E-state index in [4.69, 9.17) is 0 Å². The van der Waals surface area contributed by atoms with Crippen molar-refractivity contribution in [3.8, 4) is 0 Å². The van der Waals surface area contributed by atoms with Gasteiger partial charge in [-0.1, -0.05) is 36.7 Å². The molecule has 1 saturated heterocycles. The zero-order valence-corrected chi connectivity index (χ0v) is 15.5. The van der Waals surface area contributed by atoms with E-state index >= 15 is 0 Å². The maximum absolute atomic E-state index is 11.4. The van der Waals surface area contributed by atoms with Crippen molar-refractivity contribution < 1.29 is 9.90 Å². The van der Waals surface area contributed by atoms with Crippen LogP contribution in [0.15, 0.2) is 22.8 Å². The molecule has 1 aromatic heterocycles. The van der Waals surface area contributed by atoms with Crippen LogP contribution in [0.2, 0.25) is 0 Å². The molecule has 23 heavy (non-hydrogen) atoms. The minimum atomic E-state index is -0.827. The number of hydrogen-bond acceptors (Lipinski definition) is 2. The second kappa shape index (κ2) is 5.51. The molecule has 2 heterocycles. The van der Waals surface area contributed by atoms with Gasteiger partial charge in [0.05, 0.1) is 5.52 Å². The van der Waals surface area contributed by atoms with Crippen LogP contribution < -0.4 is 0 Å². The average molecular weight is 380 g/mol. The van der Waals surface area contributed by atoms with Crippen LogP contribution >= 0.6 is 15.9 Å². The smallest absolute Gasteiger partial charge is 0.407 e. The lowest BCUT2D eigenvalue weighted by Gasteiger charge is -2.52. The van der Waals surface area contributed by atoms with E-state index in [1.54, 1.807) is 4.90 Å². The molecule has 0 aliphatic carbocycles. The highest BCUT2D eigenvalue weighted by Gasteiger charge is 2.48. The van der Waals surface area contributed by atoms with Gasteiger partial charge >= 0.3 is 6.09 Å². The summed E-state index contributed by atoms with van der Waals surface area (Å²) in [6.07, 6.45) is 1.22. The molecule has 1 aromatic carbocycles. The number of carbonyl (C=O) groups is 1. The van der Waals surface area contributed by atoms with Crippen molar-refractivity contribution in [1.82, 2.24) is 14.7 Å². The van der Waals surface area contributed by atoms with E-state index in [0.29, 0.717) is 12.5 Å². The number of fused-ring (bicyclic) bond motifs is 1. The normalized spacial score (nSPS) is 21.5. The summed E-state index contributed by atoms with van der Waals surface area (Å²) in [5.74, 6) is 0.296. The first-order chi connectivity index (χ1) is 10.7. The Bertz CT molecular complexity index is 724. The van der Waals surface area contributed by atoms with Gasteiger partial charge in [-0.15, -0.1) is 0 Å². The number of benzene rings is 1. The zero-order chi connectivity index (χ0) is 16.9. The van der Waals surface area contributed by atoms with Gasteiger partial charge in [0, 0.05) is 41.1 Å². The highest BCUT2D eigenvalue weighted by molar-refractivity contribution is 9.10. The first-order valence-electron chi connectivity index (χ1n) is 7.79. The Labute approximate surface area is 144 Å². The molecule has 2 aromatic rings. The molecule has 0 saturated carbocycles. The van der Waals surface area contributed by atoms with Crippen LogP contribution in [0, 0.1) is 18.3 Å². The number of aryl methyl sites for hydroxylation is 1. The molecular formula is C17H22BrN3O2. The van der Waals surface area contributed by atoms with E-state index in [9.17, 15) is 9.90 Å². The van der Waals surface area contributed by atoms with Crippen molar-refractivity contribution in [3.05, 3.63) is 28.4 Å². The highest BCUT2D eigenvalue weighted by atomic mass is 79.9. The quantitative estimate of drug-likeness (QED) is 0.852. The van der Waals surface area contributed by atoms with Crippen LogP contribution in [0.1, 0.15) is 26.3 Å². The largest absolute Gasteiger partial charge is 0.465 e. The summed E-state index contributed by atoms with van der Waals surface area (Å²) in [7, 11) is 0. The summed E-state index contributed by atoms with van der Waals surface area (Å²) in [6, 6.07) is 4.18. The number of amides is 1. The Morgan fingerprint density at radius 2 is 2.13 bits per heavy atom. The molecule has 0 bridgehead atoms. The first-order valence-corrected chi connectivity index (χ1v) is 8.59. The maximum Gasteiger partial charge on any atom is 0.407 e. The van der Waals surface area contributed by atoms with E-state index in [0.717, 1.165) is 27.5 Å². The molecule has 1 amide bonds. The molecule has 2 unspecified atom stereocenters. The standard InChI is InChI=1S/C17H22BrN3O2/c1-10-5-14-11(6-13(10)18)7-20(19-14)8-12-9-21(16(22)23)15(12)17(2,3)4/h5-7,12,15H,8-9H2,1-4H3,(H,22,23). The third-order valence-electron chi connectivity index (χ3n) is 4.60. The number of rotatable bonds is 2. The Kier molecular flexibility index (Phi) is 3.91. The van der Waals surface area contributed by atoms with Gasteiger partial charge in [0.15, 0.2) is 0 Å². The summed E-state index contributed by atoms with van der Waals surface area (Å²) in [5, 5.41) is 15.1. The maximum atomic E-state index is 11.4. The van der Waals surface area contributed by atoms with Crippen molar-refractivity contribution in [2.24, 2.45) is 11.3 Å². The topological polar surface area (TPSA) is 58.4 Å². The molecule has 0 radical (unpaired) electrons. The predicted octanol–water partition coefficient (Wildman–Crippen LogP) is 4.13. The fourth-order valence-corrected chi connectivity index (χ4v) is 4.01. The van der Waals surface area contributed by atoms with Crippen molar-refractivity contribution in [3.63, 3.8) is 0 Å². The van der Waals surface area contributed by atoms with Crippen LogP contribution in [0.5, 0.6) is 0 Å². The molecule has 5 nitrogen and oxygen atoms in total. The number of hydrogen-bond donors (Lipinski definition) is 1. The van der Waals surface area contributed by atoms with E-state index in [1.165, 1.54) is 0 Å². The Morgan fingerprint density at radius 1 is 1.43 bits per heavy atom. The van der Waals surface area contributed by atoms with Crippen LogP contribution in [0.3, 0.4) is 0 Å². The summed E-state index contributed by atoms with van der Waals surface area (Å²) in [6.45, 7) is 9.67. The summed E-state index contributed by atoms with van der Waals surface area (Å²) in [4.78, 5) is 12.9. The van der Waals surface area contributed by atoms with E-state index in [2.05, 4.69) is 60.9 Å². The third-order valence-corrected chi connectivity index (χ3v) is 5.45. The minimum absolute atomic E-state index is 0.0285. The van der Waals surface area contributed by atoms with Gasteiger partial charge in [0.2, 0.25) is 0 Å². The van der Waals surface area contributed by atoms with Gasteiger partial charge in [-0.05, 0) is 30.0 Å². The zero-order valence-electron chi connectivity index (χ0n) is 13.9. The Morgan fingerprint density at radius 3 is 2.74 bits per heavy atom. The molecular weight excluding hydrogens is 358 g/mol. The van der Waals surface area contributed by atoms with Gasteiger partial charge < -0.3 is 10.0 Å². The number of carboxylic acid groups (broad SMARTS) is 1. The van der Waals surface area contributed by atoms with Crippen LogP contribution in [-0.4, -0.2) is 38.5 Å². The van der Waals surface area contributed by atoms with Gasteiger partial charge in [0.25, 0.3) is 0 Å². The fourth-order valence-electron chi connectivity index (χ4n) is 3.65. The molecule has 1 aliphatic heterocycles. The lowest BCUT2D eigenvalue weighted by Crippen LogP contribution is -2.64. The van der Waals surface area contributed by atoms with E-state index < -0.39 is 6.09 Å². The molecule has 2 atom stereocenters. The van der Waals surface area contributed by atoms with Gasteiger partial charge in [-0.2, -0.15) is 5.10 Å². The lowest BCUT2D eigenvalue weighted by atomic mass is 9.72. The summed E-state index contributed by atoms with van der Waals surface area (Å²) < 4.78 is 3.04. The average Bonchev–Trinajstić information content (AvgIpc) is 2.73.